The van der Waals surface area contributed by atoms with Gasteiger partial charge in [-0.2, -0.15) is 0 Å². The summed E-state index contributed by atoms with van der Waals surface area (Å²) in [5, 5.41) is 6.46. The molecule has 12 heavy (non-hydrogen) atoms. The van der Waals surface area contributed by atoms with E-state index in [-0.39, 0.29) is 0 Å². The Labute approximate surface area is 82.0 Å². The average Bonchev–Trinajstić information content (AvgIpc) is 2.57. The molecule has 0 saturated carbocycles. The van der Waals surface area contributed by atoms with E-state index >= 15 is 0 Å². The number of hydrogen-bond donors (Lipinski definition) is 1. The van der Waals surface area contributed by atoms with Crippen LogP contribution in [0.5, 0.6) is 0 Å². The first-order chi connectivity index (χ1) is 5.93. The maximum Gasteiger partial charge on any atom is 0.106 e. The highest BCUT2D eigenvalue weighted by Gasteiger charge is 1.93. The molecule has 0 aromatic carbocycles. The summed E-state index contributed by atoms with van der Waals surface area (Å²) in [6.45, 7) is 1.92. The van der Waals surface area contributed by atoms with E-state index in [0.717, 1.165) is 36.8 Å². The predicted molar refractivity (Wildman–Crippen MR) is 53.8 cm³/mol. The first-order valence-corrected chi connectivity index (χ1v) is 5.50. The number of thiazole rings is 1. The second-order valence-corrected chi connectivity index (χ2v) is 3.86. The zero-order valence-electron chi connectivity index (χ0n) is 6.92. The van der Waals surface area contributed by atoms with Crippen LogP contribution in [-0.2, 0) is 6.54 Å². The van der Waals surface area contributed by atoms with Crippen LogP contribution < -0.4 is 5.32 Å². The quantitative estimate of drug-likeness (QED) is 0.568. The molecule has 4 heteroatoms. The van der Waals surface area contributed by atoms with Gasteiger partial charge in [-0.3, -0.25) is 0 Å². The number of halogens is 1. The highest BCUT2D eigenvalue weighted by atomic mass is 35.5. The van der Waals surface area contributed by atoms with E-state index in [9.17, 15) is 0 Å². The summed E-state index contributed by atoms with van der Waals surface area (Å²) < 4.78 is 0. The normalized spacial score (nSPS) is 10.4. The largest absolute Gasteiger partial charge is 0.310 e. The molecule has 0 aliphatic rings. The summed E-state index contributed by atoms with van der Waals surface area (Å²) in [6.07, 6.45) is 4.07. The standard InChI is InChI=1S/C8H13ClN2S/c9-3-1-2-4-10-7-8-11-5-6-12-8/h5-6,10H,1-4,7H2. The Morgan fingerprint density at radius 1 is 1.50 bits per heavy atom. The van der Waals surface area contributed by atoms with Gasteiger partial charge < -0.3 is 5.32 Å². The minimum Gasteiger partial charge on any atom is -0.310 e. The van der Waals surface area contributed by atoms with Gasteiger partial charge in [0.1, 0.15) is 5.01 Å². The lowest BCUT2D eigenvalue weighted by Gasteiger charge is -1.99. The van der Waals surface area contributed by atoms with Crippen molar-refractivity contribution in [1.82, 2.24) is 10.3 Å². The Kier molecular flexibility index (Phi) is 5.32. The number of hydrogen-bond acceptors (Lipinski definition) is 3. The van der Waals surface area contributed by atoms with Crippen LogP contribution in [0.3, 0.4) is 0 Å². The van der Waals surface area contributed by atoms with Crippen LogP contribution in [0.4, 0.5) is 0 Å². The number of nitrogens with one attached hydrogen (secondary N) is 1. The first kappa shape index (κ1) is 9.96. The monoisotopic (exact) mass is 204 g/mol. The van der Waals surface area contributed by atoms with Crippen LogP contribution >= 0.6 is 22.9 Å². The molecular formula is C8H13ClN2S. The molecule has 1 rings (SSSR count). The molecule has 0 radical (unpaired) electrons. The van der Waals surface area contributed by atoms with E-state index in [1.54, 1.807) is 11.3 Å². The third kappa shape index (κ3) is 4.04. The van der Waals surface area contributed by atoms with Crippen molar-refractivity contribution in [2.24, 2.45) is 0 Å². The Hall–Kier alpha value is -0.120. The van der Waals surface area contributed by atoms with Crippen molar-refractivity contribution in [1.29, 1.82) is 0 Å². The molecule has 1 heterocycles. The van der Waals surface area contributed by atoms with Crippen molar-refractivity contribution >= 4 is 22.9 Å². The van der Waals surface area contributed by atoms with Crippen molar-refractivity contribution in [2.45, 2.75) is 19.4 Å². The van der Waals surface area contributed by atoms with E-state index in [1.807, 2.05) is 11.6 Å². The van der Waals surface area contributed by atoms with Crippen LogP contribution in [0.2, 0.25) is 0 Å². The SMILES string of the molecule is ClCCCCNCc1nccs1. The van der Waals surface area contributed by atoms with E-state index in [2.05, 4.69) is 10.3 Å². The molecule has 1 aromatic heterocycles. The molecule has 68 valence electrons. The highest BCUT2D eigenvalue weighted by Crippen LogP contribution is 2.02. The van der Waals surface area contributed by atoms with Crippen molar-refractivity contribution in [3.05, 3.63) is 16.6 Å². The van der Waals surface area contributed by atoms with Crippen LogP contribution in [0.1, 0.15) is 17.8 Å². The maximum atomic E-state index is 5.54. The summed E-state index contributed by atoms with van der Waals surface area (Å²) in [5.74, 6) is 0.763. The minimum atomic E-state index is 0.763. The van der Waals surface area contributed by atoms with Crippen molar-refractivity contribution < 1.29 is 0 Å². The van der Waals surface area contributed by atoms with Gasteiger partial charge in [0, 0.05) is 24.0 Å². The Balaban J connectivity index is 1.96. The molecule has 0 bridgehead atoms. The topological polar surface area (TPSA) is 24.9 Å². The van der Waals surface area contributed by atoms with Gasteiger partial charge in [-0.15, -0.1) is 22.9 Å². The molecular weight excluding hydrogens is 192 g/mol. The fourth-order valence-electron chi connectivity index (χ4n) is 0.880. The van der Waals surface area contributed by atoms with E-state index in [1.165, 1.54) is 0 Å². The van der Waals surface area contributed by atoms with Crippen LogP contribution in [0, 0.1) is 0 Å². The number of aromatic nitrogens is 1. The molecule has 0 aliphatic heterocycles. The van der Waals surface area contributed by atoms with Gasteiger partial charge >= 0.3 is 0 Å². The van der Waals surface area contributed by atoms with Gasteiger partial charge in [-0.05, 0) is 19.4 Å². The molecule has 0 saturated heterocycles. The lowest BCUT2D eigenvalue weighted by atomic mass is 10.3. The molecule has 1 N–H and O–H groups in total. The zero-order valence-corrected chi connectivity index (χ0v) is 8.50. The summed E-state index contributed by atoms with van der Waals surface area (Å²) in [7, 11) is 0. The second kappa shape index (κ2) is 6.40. The molecule has 0 spiro atoms. The number of nitrogens with zero attached hydrogens (tertiary/aromatic N) is 1. The highest BCUT2D eigenvalue weighted by molar-refractivity contribution is 7.09. The van der Waals surface area contributed by atoms with Gasteiger partial charge in [0.2, 0.25) is 0 Å². The Morgan fingerprint density at radius 2 is 2.42 bits per heavy atom. The van der Waals surface area contributed by atoms with Gasteiger partial charge in [0.05, 0.1) is 0 Å². The second-order valence-electron chi connectivity index (χ2n) is 2.50. The summed E-state index contributed by atoms with van der Waals surface area (Å²) in [4.78, 5) is 4.16. The Morgan fingerprint density at radius 3 is 3.08 bits per heavy atom. The van der Waals surface area contributed by atoms with Gasteiger partial charge in [-0.25, -0.2) is 4.98 Å². The van der Waals surface area contributed by atoms with E-state index in [0.29, 0.717) is 0 Å². The average molecular weight is 205 g/mol. The fraction of sp³-hybridized carbons (Fsp3) is 0.625. The van der Waals surface area contributed by atoms with Crippen LogP contribution in [0.25, 0.3) is 0 Å². The molecule has 2 nitrogen and oxygen atoms in total. The first-order valence-electron chi connectivity index (χ1n) is 4.08. The van der Waals surface area contributed by atoms with Gasteiger partial charge in [0.15, 0.2) is 0 Å². The Bertz CT molecular complexity index is 189. The van der Waals surface area contributed by atoms with Gasteiger partial charge in [-0.1, -0.05) is 0 Å². The van der Waals surface area contributed by atoms with Crippen molar-refractivity contribution in [2.75, 3.05) is 12.4 Å². The molecule has 0 atom stereocenters. The van der Waals surface area contributed by atoms with Crippen molar-refractivity contribution in [3.8, 4) is 0 Å². The third-order valence-corrected chi connectivity index (χ3v) is 2.54. The molecule has 0 fully saturated rings. The number of alkyl halides is 1. The lowest BCUT2D eigenvalue weighted by Crippen LogP contribution is -2.14. The maximum absolute atomic E-state index is 5.54. The van der Waals surface area contributed by atoms with E-state index < -0.39 is 0 Å². The minimum absolute atomic E-state index is 0.763. The lowest BCUT2D eigenvalue weighted by molar-refractivity contribution is 0.641. The van der Waals surface area contributed by atoms with Crippen LogP contribution in [-0.4, -0.2) is 17.4 Å². The van der Waals surface area contributed by atoms with E-state index in [4.69, 9.17) is 11.6 Å². The zero-order chi connectivity index (χ0) is 8.65. The van der Waals surface area contributed by atoms with Crippen molar-refractivity contribution in [3.63, 3.8) is 0 Å². The summed E-state index contributed by atoms with van der Waals surface area (Å²) in [6, 6.07) is 0. The predicted octanol–water partition coefficient (Wildman–Crippen LogP) is 2.25. The summed E-state index contributed by atoms with van der Waals surface area (Å²) >= 11 is 7.23. The summed E-state index contributed by atoms with van der Waals surface area (Å²) in [5.41, 5.74) is 0. The van der Waals surface area contributed by atoms with Crippen LogP contribution in [0.15, 0.2) is 11.6 Å². The molecule has 0 aliphatic carbocycles. The molecule has 0 amide bonds. The number of rotatable bonds is 6. The third-order valence-electron chi connectivity index (χ3n) is 1.50. The number of unbranched alkanes of at least 4 members (excludes halogenated alkanes) is 1. The molecule has 0 unspecified atom stereocenters. The van der Waals surface area contributed by atoms with Gasteiger partial charge in [0.25, 0.3) is 0 Å². The smallest absolute Gasteiger partial charge is 0.106 e. The fourth-order valence-corrected chi connectivity index (χ4v) is 1.65. The molecule has 1 aromatic rings.